The van der Waals surface area contributed by atoms with Crippen molar-refractivity contribution in [1.82, 2.24) is 4.72 Å². The van der Waals surface area contributed by atoms with Crippen molar-refractivity contribution >= 4 is 44.8 Å². The van der Waals surface area contributed by atoms with E-state index in [0.29, 0.717) is 22.2 Å². The number of carbonyl (C=O) groups excluding carboxylic acids is 1. The second-order valence-corrected chi connectivity index (χ2v) is 7.55. The maximum Gasteiger partial charge on any atom is 0.223 e. The third kappa shape index (κ3) is 5.76. The third-order valence-electron chi connectivity index (χ3n) is 3.01. The molecule has 1 N–H and O–H groups in total. The largest absolute Gasteiger partial charge is 0.309 e. The monoisotopic (exact) mass is 366 g/mol. The molecule has 0 heterocycles. The predicted molar refractivity (Wildman–Crippen MR) is 91.2 cm³/mol. The van der Waals surface area contributed by atoms with Gasteiger partial charge in [0.25, 0.3) is 0 Å². The lowest BCUT2D eigenvalue weighted by Crippen LogP contribution is -2.38. The van der Waals surface area contributed by atoms with Crippen LogP contribution in [-0.2, 0) is 14.8 Å². The van der Waals surface area contributed by atoms with Crippen LogP contribution in [0.5, 0.6) is 0 Å². The van der Waals surface area contributed by atoms with E-state index in [2.05, 4.69) is 4.72 Å². The summed E-state index contributed by atoms with van der Waals surface area (Å²) in [7, 11) is -3.32. The fraction of sp³-hybridized carbons (Fsp3) is 0.500. The first kappa shape index (κ1) is 19.2. The second-order valence-electron chi connectivity index (χ2n) is 4.81. The van der Waals surface area contributed by atoms with Gasteiger partial charge in [0.05, 0.1) is 21.5 Å². The van der Waals surface area contributed by atoms with Crippen molar-refractivity contribution in [1.29, 1.82) is 0 Å². The molecule has 0 unspecified atom stereocenters. The summed E-state index contributed by atoms with van der Waals surface area (Å²) in [5, 5.41) is 0.688. The lowest BCUT2D eigenvalue weighted by Gasteiger charge is -2.23. The number of nitrogens with zero attached hydrogens (tertiary/aromatic N) is 1. The molecule has 1 aromatic carbocycles. The van der Waals surface area contributed by atoms with Crippen LogP contribution in [0.2, 0.25) is 10.0 Å². The van der Waals surface area contributed by atoms with Crippen molar-refractivity contribution < 1.29 is 13.2 Å². The molecule has 0 aliphatic carbocycles. The number of halogens is 2. The Morgan fingerprint density at radius 1 is 1.27 bits per heavy atom. The molecule has 22 heavy (non-hydrogen) atoms. The van der Waals surface area contributed by atoms with Crippen molar-refractivity contribution in [3.8, 4) is 0 Å². The zero-order chi connectivity index (χ0) is 16.8. The highest BCUT2D eigenvalue weighted by Crippen LogP contribution is 2.33. The first-order valence-corrected chi connectivity index (χ1v) is 9.38. The highest BCUT2D eigenvalue weighted by molar-refractivity contribution is 7.89. The zero-order valence-corrected chi connectivity index (χ0v) is 14.9. The molecule has 124 valence electrons. The van der Waals surface area contributed by atoms with Crippen molar-refractivity contribution in [3.63, 3.8) is 0 Å². The number of unbranched alkanes of at least 4 members (excludes halogenated alkanes) is 1. The highest BCUT2D eigenvalue weighted by Gasteiger charge is 2.18. The molecule has 0 spiro atoms. The Morgan fingerprint density at radius 3 is 2.36 bits per heavy atom. The quantitative estimate of drug-likeness (QED) is 0.768. The average molecular weight is 367 g/mol. The van der Waals surface area contributed by atoms with Gasteiger partial charge >= 0.3 is 0 Å². The van der Waals surface area contributed by atoms with Crippen molar-refractivity contribution in [3.05, 3.63) is 28.2 Å². The van der Waals surface area contributed by atoms with E-state index in [4.69, 9.17) is 23.2 Å². The van der Waals surface area contributed by atoms with Gasteiger partial charge in [0, 0.05) is 20.0 Å². The van der Waals surface area contributed by atoms with Crippen LogP contribution in [-0.4, -0.2) is 33.2 Å². The third-order valence-corrected chi connectivity index (χ3v) is 5.09. The summed E-state index contributed by atoms with van der Waals surface area (Å²) in [5.41, 5.74) is 0.395. The molecule has 1 aromatic rings. The molecule has 0 radical (unpaired) electrons. The second kappa shape index (κ2) is 8.72. The molecule has 0 fully saturated rings. The number of nitrogens with one attached hydrogen (secondary N) is 1. The van der Waals surface area contributed by atoms with Gasteiger partial charge in [0.15, 0.2) is 0 Å². The highest BCUT2D eigenvalue weighted by atomic mass is 35.5. The molecule has 0 aliphatic rings. The average Bonchev–Trinajstić information content (AvgIpc) is 2.43. The van der Waals surface area contributed by atoms with Gasteiger partial charge in [-0.25, -0.2) is 13.1 Å². The molecular formula is C14H20Cl2N2O3S. The fourth-order valence-electron chi connectivity index (χ4n) is 1.89. The Balaban J connectivity index is 2.77. The number of sulfonamides is 1. The van der Waals surface area contributed by atoms with E-state index in [1.165, 1.54) is 11.8 Å². The number of rotatable bonds is 8. The number of anilines is 1. The summed E-state index contributed by atoms with van der Waals surface area (Å²) < 4.78 is 26.0. The van der Waals surface area contributed by atoms with Crippen LogP contribution < -0.4 is 9.62 Å². The van der Waals surface area contributed by atoms with E-state index in [-0.39, 0.29) is 24.7 Å². The number of amides is 1. The van der Waals surface area contributed by atoms with Gasteiger partial charge in [-0.05, 0) is 18.6 Å². The number of para-hydroxylation sites is 1. The minimum absolute atomic E-state index is 0.0798. The maximum absolute atomic E-state index is 11.8. The van der Waals surface area contributed by atoms with Crippen molar-refractivity contribution in [2.75, 3.05) is 23.7 Å². The minimum atomic E-state index is -3.32. The van der Waals surface area contributed by atoms with E-state index >= 15 is 0 Å². The van der Waals surface area contributed by atoms with Crippen LogP contribution >= 0.6 is 23.2 Å². The molecule has 1 amide bonds. The molecule has 0 saturated heterocycles. The Hall–Kier alpha value is -0.820. The van der Waals surface area contributed by atoms with Gasteiger partial charge in [-0.1, -0.05) is 42.6 Å². The molecular weight excluding hydrogens is 347 g/mol. The summed E-state index contributed by atoms with van der Waals surface area (Å²) >= 11 is 12.2. The molecule has 5 nitrogen and oxygen atoms in total. The van der Waals surface area contributed by atoms with Crippen molar-refractivity contribution in [2.24, 2.45) is 0 Å². The van der Waals surface area contributed by atoms with Crippen molar-refractivity contribution in [2.45, 2.75) is 26.7 Å². The maximum atomic E-state index is 11.8. The Kier molecular flexibility index (Phi) is 7.62. The lowest BCUT2D eigenvalue weighted by atomic mass is 10.2. The summed E-state index contributed by atoms with van der Waals surface area (Å²) in [4.78, 5) is 13.2. The molecule has 0 aliphatic heterocycles. The van der Waals surface area contributed by atoms with E-state index in [1.807, 2.05) is 6.92 Å². The van der Waals surface area contributed by atoms with E-state index < -0.39 is 10.0 Å². The first-order valence-electron chi connectivity index (χ1n) is 6.98. The van der Waals surface area contributed by atoms with E-state index in [9.17, 15) is 13.2 Å². The van der Waals surface area contributed by atoms with E-state index in [0.717, 1.165) is 6.42 Å². The predicted octanol–water partition coefficient (Wildman–Crippen LogP) is 3.07. The van der Waals surface area contributed by atoms with Gasteiger partial charge in [-0.15, -0.1) is 0 Å². The van der Waals surface area contributed by atoms with Gasteiger partial charge < -0.3 is 4.90 Å². The summed E-state index contributed by atoms with van der Waals surface area (Å²) in [6.07, 6.45) is 1.40. The topological polar surface area (TPSA) is 66.5 Å². The standard InChI is InChI=1S/C14H20Cl2N2O3S/c1-3-4-10-22(20,21)17-8-9-18(11(2)19)14-12(15)6-5-7-13(14)16/h5-7,17H,3-4,8-10H2,1-2H3. The minimum Gasteiger partial charge on any atom is -0.309 e. The van der Waals surface area contributed by atoms with Crippen LogP contribution in [0.1, 0.15) is 26.7 Å². The number of hydrogen-bond acceptors (Lipinski definition) is 3. The van der Waals surface area contributed by atoms with Crippen LogP contribution in [0.3, 0.4) is 0 Å². The normalized spacial score (nSPS) is 11.5. The molecule has 8 heteroatoms. The van der Waals surface area contributed by atoms with Crippen LogP contribution in [0.25, 0.3) is 0 Å². The summed E-state index contributed by atoms with van der Waals surface area (Å²) in [6, 6.07) is 4.94. The van der Waals surface area contributed by atoms with Gasteiger partial charge in [-0.2, -0.15) is 0 Å². The SMILES string of the molecule is CCCCS(=O)(=O)NCCN(C(C)=O)c1c(Cl)cccc1Cl. The number of hydrogen-bond donors (Lipinski definition) is 1. The molecule has 0 aromatic heterocycles. The molecule has 0 bridgehead atoms. The number of carbonyl (C=O) groups is 1. The molecule has 1 rings (SSSR count). The van der Waals surface area contributed by atoms with Crippen LogP contribution in [0.15, 0.2) is 18.2 Å². The first-order chi connectivity index (χ1) is 10.3. The molecule has 0 saturated carbocycles. The lowest BCUT2D eigenvalue weighted by molar-refractivity contribution is -0.116. The van der Waals surface area contributed by atoms with Gasteiger partial charge in [-0.3, -0.25) is 4.79 Å². The molecule has 0 atom stereocenters. The number of benzene rings is 1. The Bertz CT molecular complexity index is 600. The Labute approximate surface area is 141 Å². The van der Waals surface area contributed by atoms with Crippen LogP contribution in [0.4, 0.5) is 5.69 Å². The van der Waals surface area contributed by atoms with E-state index in [1.54, 1.807) is 18.2 Å². The Morgan fingerprint density at radius 2 is 1.86 bits per heavy atom. The summed E-state index contributed by atoms with van der Waals surface area (Å²) in [5.74, 6) is -0.182. The fourth-order valence-corrected chi connectivity index (χ4v) is 3.71. The van der Waals surface area contributed by atoms with Crippen LogP contribution in [0, 0.1) is 0 Å². The smallest absolute Gasteiger partial charge is 0.223 e. The van der Waals surface area contributed by atoms with Gasteiger partial charge in [0.2, 0.25) is 15.9 Å². The zero-order valence-electron chi connectivity index (χ0n) is 12.6. The van der Waals surface area contributed by atoms with Gasteiger partial charge in [0.1, 0.15) is 0 Å². The summed E-state index contributed by atoms with van der Waals surface area (Å²) in [6.45, 7) is 3.56.